The molecule has 2 heterocycles. The van der Waals surface area contributed by atoms with E-state index in [1.807, 2.05) is 86.6 Å². The summed E-state index contributed by atoms with van der Waals surface area (Å²) in [6.45, 7) is 6.79. The van der Waals surface area contributed by atoms with Gasteiger partial charge >= 0.3 is 0 Å². The van der Waals surface area contributed by atoms with Gasteiger partial charge in [0, 0.05) is 11.4 Å². The minimum atomic E-state index is -0.568. The number of methoxy groups -OCH3 is 1. The van der Waals surface area contributed by atoms with E-state index >= 15 is 0 Å². The molecule has 42 heavy (non-hydrogen) atoms. The molecule has 0 fully saturated rings. The Morgan fingerprint density at radius 3 is 2.55 bits per heavy atom. The first-order chi connectivity index (χ1) is 20.5. The third kappa shape index (κ3) is 6.38. The van der Waals surface area contributed by atoms with E-state index < -0.39 is 6.04 Å². The molecule has 0 aliphatic carbocycles. The quantitative estimate of drug-likeness (QED) is 0.177. The molecule has 3 aromatic carbocycles. The Morgan fingerprint density at radius 2 is 1.79 bits per heavy atom. The summed E-state index contributed by atoms with van der Waals surface area (Å²) in [7, 11) is 1.58. The van der Waals surface area contributed by atoms with Crippen LogP contribution in [-0.2, 0) is 11.4 Å². The number of nitrogens with one attached hydrogen (secondary N) is 2. The number of carbonyl (C=O) groups excluding carboxylic acids is 1. The largest absolute Gasteiger partial charge is 0.495 e. The first-order valence-corrected chi connectivity index (χ1v) is 15.0. The van der Waals surface area contributed by atoms with Gasteiger partial charge in [-0.3, -0.25) is 4.79 Å². The molecule has 9 nitrogen and oxygen atoms in total. The minimum Gasteiger partial charge on any atom is -0.495 e. The van der Waals surface area contributed by atoms with Crippen LogP contribution in [0.1, 0.15) is 44.4 Å². The molecule has 0 spiro atoms. The first-order valence-electron chi connectivity index (χ1n) is 14.0. The van der Waals surface area contributed by atoms with Gasteiger partial charge in [0.15, 0.2) is 11.5 Å². The molecule has 1 unspecified atom stereocenters. The number of ether oxygens (including phenoxy) is 3. The van der Waals surface area contributed by atoms with Crippen LogP contribution < -0.4 is 24.8 Å². The molecule has 4 aromatic rings. The number of hydrogen-bond acceptors (Lipinski definition) is 8. The predicted molar refractivity (Wildman–Crippen MR) is 166 cm³/mol. The Labute approximate surface area is 250 Å². The van der Waals surface area contributed by atoms with E-state index in [-0.39, 0.29) is 5.91 Å². The van der Waals surface area contributed by atoms with Crippen LogP contribution in [0.5, 0.6) is 17.2 Å². The normalized spacial score (nSPS) is 14.1. The molecule has 0 bridgehead atoms. The van der Waals surface area contributed by atoms with Crippen LogP contribution >= 0.6 is 11.8 Å². The summed E-state index contributed by atoms with van der Waals surface area (Å²) >= 11 is 1.58. The van der Waals surface area contributed by atoms with Crippen LogP contribution in [0, 0.1) is 0 Å². The Morgan fingerprint density at radius 1 is 1.00 bits per heavy atom. The summed E-state index contributed by atoms with van der Waals surface area (Å²) in [6.07, 6.45) is 0.997. The van der Waals surface area contributed by atoms with E-state index in [4.69, 9.17) is 24.3 Å². The lowest BCUT2D eigenvalue weighted by molar-refractivity contribution is -0.113. The van der Waals surface area contributed by atoms with Crippen molar-refractivity contribution in [1.29, 1.82) is 0 Å². The molecule has 2 N–H and O–H groups in total. The highest BCUT2D eigenvalue weighted by molar-refractivity contribution is 7.99. The minimum absolute atomic E-state index is 0.277. The zero-order valence-electron chi connectivity index (χ0n) is 24.2. The highest BCUT2D eigenvalue weighted by atomic mass is 32.2. The Hall–Kier alpha value is -4.44. The topological polar surface area (TPSA) is 99.5 Å². The molecule has 1 amide bonds. The molecule has 0 radical (unpaired) electrons. The van der Waals surface area contributed by atoms with Gasteiger partial charge < -0.3 is 24.8 Å². The number of para-hydroxylation sites is 2. The summed E-state index contributed by atoms with van der Waals surface area (Å²) in [4.78, 5) is 18.7. The third-order valence-electron chi connectivity index (χ3n) is 6.69. The van der Waals surface area contributed by atoms with E-state index in [1.54, 1.807) is 23.6 Å². The van der Waals surface area contributed by atoms with Gasteiger partial charge in [0.1, 0.15) is 18.4 Å². The average Bonchev–Trinajstić information content (AvgIpc) is 3.41. The lowest BCUT2D eigenvalue weighted by Gasteiger charge is -2.29. The van der Waals surface area contributed by atoms with Crippen molar-refractivity contribution >= 4 is 29.3 Å². The summed E-state index contributed by atoms with van der Waals surface area (Å²) in [5.41, 5.74) is 3.63. The lowest BCUT2D eigenvalue weighted by atomic mass is 9.94. The Balaban J connectivity index is 1.54. The van der Waals surface area contributed by atoms with Crippen LogP contribution in [0.15, 0.2) is 89.2 Å². The highest BCUT2D eigenvalue weighted by Crippen LogP contribution is 2.40. The Kier molecular flexibility index (Phi) is 9.33. The average molecular weight is 586 g/mol. The maximum Gasteiger partial charge on any atom is 0.255 e. The van der Waals surface area contributed by atoms with Crippen LogP contribution in [0.25, 0.3) is 0 Å². The standard InChI is InChI=1S/C32H35N5O4S/c1-5-18-42-32-35-31-33-21(3)28(30(38)34-24-14-10-11-15-25(24)39-4)29(37(31)36-32)23-16-17-26(27(19-23)40-6-2)41-20-22-12-8-7-9-13-22/h7-17,19,29H,5-6,18,20H2,1-4H3,(H,34,38)(H,33,35,36). The van der Waals surface area contributed by atoms with Gasteiger partial charge in [-0.2, -0.15) is 4.98 Å². The van der Waals surface area contributed by atoms with Gasteiger partial charge in [0.05, 0.1) is 25.0 Å². The second-order valence-corrected chi connectivity index (χ2v) is 10.7. The SMILES string of the molecule is CCCSc1nc2n(n1)C(c1ccc(OCc3ccccc3)c(OCC)c1)C(C(=O)Nc1ccccc1OC)=C(C)N2. The number of allylic oxidation sites excluding steroid dienone is 1. The van der Waals surface area contributed by atoms with E-state index in [0.29, 0.717) is 58.5 Å². The van der Waals surface area contributed by atoms with Crippen molar-refractivity contribution in [3.05, 3.63) is 95.2 Å². The third-order valence-corrected chi connectivity index (χ3v) is 7.73. The number of fused-ring (bicyclic) bond motifs is 1. The second-order valence-electron chi connectivity index (χ2n) is 9.65. The van der Waals surface area contributed by atoms with Crippen molar-refractivity contribution in [2.24, 2.45) is 0 Å². The number of nitrogens with zero attached hydrogens (tertiary/aromatic N) is 3. The second kappa shape index (κ2) is 13.5. The molecule has 1 atom stereocenters. The molecular formula is C32H35N5O4S. The lowest BCUT2D eigenvalue weighted by Crippen LogP contribution is -2.31. The zero-order valence-corrected chi connectivity index (χ0v) is 25.0. The van der Waals surface area contributed by atoms with Crippen LogP contribution in [0.2, 0.25) is 0 Å². The number of carbonyl (C=O) groups is 1. The maximum absolute atomic E-state index is 14.0. The molecule has 0 saturated carbocycles. The fourth-order valence-electron chi connectivity index (χ4n) is 4.74. The number of rotatable bonds is 12. The predicted octanol–water partition coefficient (Wildman–Crippen LogP) is 6.69. The Bertz CT molecular complexity index is 1570. The molecular weight excluding hydrogens is 550 g/mol. The van der Waals surface area contributed by atoms with Gasteiger partial charge in [-0.1, -0.05) is 67.2 Å². The molecule has 0 saturated heterocycles. The molecule has 10 heteroatoms. The first kappa shape index (κ1) is 29.1. The zero-order chi connectivity index (χ0) is 29.5. The van der Waals surface area contributed by atoms with Crippen molar-refractivity contribution in [2.75, 3.05) is 30.1 Å². The van der Waals surface area contributed by atoms with Crippen molar-refractivity contribution in [3.8, 4) is 17.2 Å². The van der Waals surface area contributed by atoms with E-state index in [0.717, 1.165) is 23.3 Å². The summed E-state index contributed by atoms with van der Waals surface area (Å²) < 4.78 is 19.4. The fourth-order valence-corrected chi connectivity index (χ4v) is 5.43. The summed E-state index contributed by atoms with van der Waals surface area (Å²) in [5.74, 6) is 2.98. The highest BCUT2D eigenvalue weighted by Gasteiger charge is 2.35. The van der Waals surface area contributed by atoms with Crippen molar-refractivity contribution in [2.45, 2.75) is 45.0 Å². The molecule has 1 aromatic heterocycles. The summed E-state index contributed by atoms with van der Waals surface area (Å²) in [5, 5.41) is 11.8. The van der Waals surface area contributed by atoms with Crippen molar-refractivity contribution < 1.29 is 19.0 Å². The van der Waals surface area contributed by atoms with Gasteiger partial charge in [-0.05, 0) is 55.7 Å². The van der Waals surface area contributed by atoms with Gasteiger partial charge in [-0.25, -0.2) is 4.68 Å². The molecule has 1 aliphatic heterocycles. The number of aromatic nitrogens is 3. The summed E-state index contributed by atoms with van der Waals surface area (Å²) in [6, 6.07) is 22.5. The maximum atomic E-state index is 14.0. The van der Waals surface area contributed by atoms with Crippen LogP contribution in [-0.4, -0.2) is 40.1 Å². The molecule has 5 rings (SSSR count). The van der Waals surface area contributed by atoms with E-state index in [2.05, 4.69) is 17.6 Å². The van der Waals surface area contributed by atoms with Gasteiger partial charge in [0.25, 0.3) is 5.91 Å². The molecule has 1 aliphatic rings. The van der Waals surface area contributed by atoms with Crippen molar-refractivity contribution in [3.63, 3.8) is 0 Å². The number of benzene rings is 3. The van der Waals surface area contributed by atoms with Crippen molar-refractivity contribution in [1.82, 2.24) is 14.8 Å². The fraction of sp³-hybridized carbons (Fsp3) is 0.281. The van der Waals surface area contributed by atoms with Crippen LogP contribution in [0.4, 0.5) is 11.6 Å². The van der Waals surface area contributed by atoms with Gasteiger partial charge in [-0.15, -0.1) is 5.10 Å². The number of anilines is 2. The van der Waals surface area contributed by atoms with E-state index in [1.165, 1.54) is 0 Å². The van der Waals surface area contributed by atoms with Crippen LogP contribution in [0.3, 0.4) is 0 Å². The van der Waals surface area contributed by atoms with Gasteiger partial charge in [0.2, 0.25) is 11.1 Å². The molecule has 218 valence electrons. The monoisotopic (exact) mass is 585 g/mol. The number of amides is 1. The smallest absolute Gasteiger partial charge is 0.255 e. The number of thioether (sulfide) groups is 1. The number of hydrogen-bond donors (Lipinski definition) is 2. The van der Waals surface area contributed by atoms with E-state index in [9.17, 15) is 4.79 Å².